The standard InChI is InChI=1S/C13H12N4O3S/c1-7-3-9-10(4-11(7)21(2)20)16-13(15-9)17-6-8(5-14-17)12(18)19/h3-6H,1-2H3,(H,15,16)(H,18,19). The number of aromatic amines is 1. The summed E-state index contributed by atoms with van der Waals surface area (Å²) in [4.78, 5) is 19.0. The number of carbonyl (C=O) groups is 1. The number of carboxylic acid groups (broad SMARTS) is 1. The molecule has 2 N–H and O–H groups in total. The smallest absolute Gasteiger partial charge is 0.338 e. The fraction of sp³-hybridized carbons (Fsp3) is 0.154. The van der Waals surface area contributed by atoms with Crippen LogP contribution in [0.4, 0.5) is 0 Å². The van der Waals surface area contributed by atoms with Crippen LogP contribution in [-0.2, 0) is 10.8 Å². The topological polar surface area (TPSA) is 101 Å². The quantitative estimate of drug-likeness (QED) is 0.763. The molecule has 1 unspecified atom stereocenters. The molecule has 8 heteroatoms. The first-order valence-electron chi connectivity index (χ1n) is 6.08. The molecule has 3 rings (SSSR count). The largest absolute Gasteiger partial charge is 0.478 e. The van der Waals surface area contributed by atoms with E-state index in [2.05, 4.69) is 15.1 Å². The van der Waals surface area contributed by atoms with E-state index in [1.54, 1.807) is 12.3 Å². The molecule has 2 aromatic heterocycles. The molecule has 3 aromatic rings. The van der Waals surface area contributed by atoms with Crippen molar-refractivity contribution in [2.24, 2.45) is 0 Å². The van der Waals surface area contributed by atoms with E-state index in [9.17, 15) is 9.00 Å². The Morgan fingerprint density at radius 3 is 2.81 bits per heavy atom. The Balaban J connectivity index is 2.12. The number of benzene rings is 1. The van der Waals surface area contributed by atoms with Gasteiger partial charge in [-0.3, -0.25) is 4.21 Å². The molecular formula is C13H12N4O3S. The predicted molar refractivity (Wildman–Crippen MR) is 77.2 cm³/mol. The van der Waals surface area contributed by atoms with Crippen molar-refractivity contribution in [1.29, 1.82) is 0 Å². The van der Waals surface area contributed by atoms with Crippen LogP contribution >= 0.6 is 0 Å². The number of rotatable bonds is 3. The zero-order chi connectivity index (χ0) is 15.1. The number of hydrogen-bond acceptors (Lipinski definition) is 4. The lowest BCUT2D eigenvalue weighted by Gasteiger charge is -2.00. The lowest BCUT2D eigenvalue weighted by molar-refractivity contribution is 0.0697. The van der Waals surface area contributed by atoms with Crippen LogP contribution in [0.1, 0.15) is 15.9 Å². The van der Waals surface area contributed by atoms with Crippen LogP contribution in [0, 0.1) is 6.92 Å². The molecule has 0 fully saturated rings. The molecule has 0 aliphatic rings. The second-order valence-electron chi connectivity index (χ2n) is 4.63. The van der Waals surface area contributed by atoms with Gasteiger partial charge in [0, 0.05) is 17.3 Å². The Morgan fingerprint density at radius 2 is 2.19 bits per heavy atom. The number of aryl methyl sites for hydroxylation is 1. The third-order valence-electron chi connectivity index (χ3n) is 3.12. The fourth-order valence-electron chi connectivity index (χ4n) is 2.10. The van der Waals surface area contributed by atoms with E-state index in [1.165, 1.54) is 17.1 Å². The van der Waals surface area contributed by atoms with Crippen molar-refractivity contribution in [1.82, 2.24) is 19.7 Å². The van der Waals surface area contributed by atoms with Gasteiger partial charge >= 0.3 is 5.97 Å². The Bertz CT molecular complexity index is 881. The number of aromatic nitrogens is 4. The summed E-state index contributed by atoms with van der Waals surface area (Å²) < 4.78 is 13.0. The van der Waals surface area contributed by atoms with E-state index >= 15 is 0 Å². The molecule has 0 spiro atoms. The third-order valence-corrected chi connectivity index (χ3v) is 4.18. The average Bonchev–Trinajstić information content (AvgIpc) is 3.02. The van der Waals surface area contributed by atoms with Crippen molar-refractivity contribution in [3.05, 3.63) is 35.7 Å². The van der Waals surface area contributed by atoms with Crippen molar-refractivity contribution in [2.45, 2.75) is 11.8 Å². The second-order valence-corrected chi connectivity index (χ2v) is 5.98. The highest BCUT2D eigenvalue weighted by molar-refractivity contribution is 7.84. The fourth-order valence-corrected chi connectivity index (χ4v) is 2.89. The van der Waals surface area contributed by atoms with Crippen molar-refractivity contribution in [3.8, 4) is 5.95 Å². The van der Waals surface area contributed by atoms with Crippen molar-refractivity contribution >= 4 is 27.8 Å². The van der Waals surface area contributed by atoms with Crippen LogP contribution < -0.4 is 0 Å². The minimum atomic E-state index is -1.09. The van der Waals surface area contributed by atoms with E-state index in [4.69, 9.17) is 5.11 Å². The van der Waals surface area contributed by atoms with Crippen LogP contribution in [0.5, 0.6) is 0 Å². The summed E-state index contributed by atoms with van der Waals surface area (Å²) in [5.41, 5.74) is 2.43. The maximum atomic E-state index is 11.7. The van der Waals surface area contributed by atoms with Crippen LogP contribution in [0.3, 0.4) is 0 Å². The first-order chi connectivity index (χ1) is 9.95. The number of hydrogen-bond donors (Lipinski definition) is 2. The number of nitrogens with one attached hydrogen (secondary N) is 1. The van der Waals surface area contributed by atoms with Gasteiger partial charge < -0.3 is 10.1 Å². The maximum absolute atomic E-state index is 11.7. The SMILES string of the molecule is Cc1cc2[nH]c(-n3cc(C(=O)O)cn3)nc2cc1S(C)=O. The summed E-state index contributed by atoms with van der Waals surface area (Å²) in [5, 5.41) is 12.9. The van der Waals surface area contributed by atoms with Gasteiger partial charge in [-0.1, -0.05) is 0 Å². The van der Waals surface area contributed by atoms with E-state index < -0.39 is 16.8 Å². The van der Waals surface area contributed by atoms with Crippen molar-refractivity contribution in [3.63, 3.8) is 0 Å². The van der Waals surface area contributed by atoms with Crippen molar-refractivity contribution in [2.75, 3.05) is 6.26 Å². The van der Waals surface area contributed by atoms with E-state index in [0.29, 0.717) is 11.5 Å². The summed E-state index contributed by atoms with van der Waals surface area (Å²) in [7, 11) is -1.09. The maximum Gasteiger partial charge on any atom is 0.338 e. The highest BCUT2D eigenvalue weighted by atomic mass is 32.2. The van der Waals surface area contributed by atoms with Crippen LogP contribution in [0.25, 0.3) is 17.0 Å². The predicted octanol–water partition coefficient (Wildman–Crippen LogP) is 1.49. The molecular weight excluding hydrogens is 292 g/mol. The first-order valence-corrected chi connectivity index (χ1v) is 7.63. The highest BCUT2D eigenvalue weighted by Crippen LogP contribution is 2.21. The molecule has 0 radical (unpaired) electrons. The second kappa shape index (κ2) is 4.81. The number of aromatic carboxylic acids is 1. The molecule has 1 atom stereocenters. The van der Waals surface area contributed by atoms with Gasteiger partial charge in [-0.25, -0.2) is 14.5 Å². The minimum Gasteiger partial charge on any atom is -0.478 e. The molecule has 0 aliphatic heterocycles. The molecule has 2 heterocycles. The normalized spacial score (nSPS) is 12.7. The van der Waals surface area contributed by atoms with Gasteiger partial charge in [-0.2, -0.15) is 5.10 Å². The number of fused-ring (bicyclic) bond motifs is 1. The minimum absolute atomic E-state index is 0.0852. The number of imidazole rings is 1. The van der Waals surface area contributed by atoms with Gasteiger partial charge in [0.25, 0.3) is 0 Å². The monoisotopic (exact) mass is 304 g/mol. The molecule has 21 heavy (non-hydrogen) atoms. The molecule has 7 nitrogen and oxygen atoms in total. The van der Waals surface area contributed by atoms with Crippen LogP contribution in [0.15, 0.2) is 29.4 Å². The zero-order valence-corrected chi connectivity index (χ0v) is 12.1. The summed E-state index contributed by atoms with van der Waals surface area (Å²) in [5.74, 6) is -0.632. The molecule has 0 saturated carbocycles. The molecule has 0 saturated heterocycles. The molecule has 0 amide bonds. The van der Waals surface area contributed by atoms with Gasteiger partial charge in [0.2, 0.25) is 5.95 Å². The van der Waals surface area contributed by atoms with E-state index in [1.807, 2.05) is 13.0 Å². The van der Waals surface area contributed by atoms with Crippen LogP contribution in [-0.4, -0.2) is 41.3 Å². The average molecular weight is 304 g/mol. The van der Waals surface area contributed by atoms with E-state index in [-0.39, 0.29) is 5.56 Å². The van der Waals surface area contributed by atoms with Gasteiger partial charge in [0.15, 0.2) is 0 Å². The van der Waals surface area contributed by atoms with Crippen molar-refractivity contribution < 1.29 is 14.1 Å². The highest BCUT2D eigenvalue weighted by Gasteiger charge is 2.12. The zero-order valence-electron chi connectivity index (χ0n) is 11.3. The lowest BCUT2D eigenvalue weighted by atomic mass is 10.2. The molecule has 108 valence electrons. The Kier molecular flexibility index (Phi) is 3.09. The first kappa shape index (κ1) is 13.5. The summed E-state index contributed by atoms with van der Waals surface area (Å²) >= 11 is 0. The Hall–Kier alpha value is -2.48. The van der Waals surface area contributed by atoms with Gasteiger partial charge in [0.05, 0.1) is 33.6 Å². The molecule has 0 bridgehead atoms. The number of carboxylic acids is 1. The summed E-state index contributed by atoms with van der Waals surface area (Å²) in [6.45, 7) is 1.88. The molecule has 1 aromatic carbocycles. The Morgan fingerprint density at radius 1 is 1.43 bits per heavy atom. The van der Waals surface area contributed by atoms with Crippen LogP contribution in [0.2, 0.25) is 0 Å². The Labute approximate surface area is 122 Å². The van der Waals surface area contributed by atoms with Gasteiger partial charge in [0.1, 0.15) is 0 Å². The summed E-state index contributed by atoms with van der Waals surface area (Å²) in [6.07, 6.45) is 4.26. The summed E-state index contributed by atoms with van der Waals surface area (Å²) in [6, 6.07) is 3.63. The van der Waals surface area contributed by atoms with Gasteiger partial charge in [-0.15, -0.1) is 0 Å². The lowest BCUT2D eigenvalue weighted by Crippen LogP contribution is -1.97. The van der Waals surface area contributed by atoms with E-state index in [0.717, 1.165) is 16.0 Å². The van der Waals surface area contributed by atoms with Gasteiger partial charge in [-0.05, 0) is 24.6 Å². The number of nitrogens with zero attached hydrogens (tertiary/aromatic N) is 3. The number of H-pyrrole nitrogens is 1. The molecule has 0 aliphatic carbocycles. The third kappa shape index (κ3) is 2.33.